The second kappa shape index (κ2) is 8.67. The molecule has 7 nitrogen and oxygen atoms in total. The summed E-state index contributed by atoms with van der Waals surface area (Å²) >= 11 is 0. The highest BCUT2D eigenvalue weighted by Crippen LogP contribution is 2.20. The fourth-order valence-electron chi connectivity index (χ4n) is 2.93. The zero-order valence-electron chi connectivity index (χ0n) is 16.4. The molecule has 1 atom stereocenters. The average Bonchev–Trinajstić information content (AvgIpc) is 2.94. The van der Waals surface area contributed by atoms with Crippen LogP contribution in [0.3, 0.4) is 0 Å². The molecule has 2 rings (SSSR count). The van der Waals surface area contributed by atoms with Gasteiger partial charge in [0.25, 0.3) is 0 Å². The van der Waals surface area contributed by atoms with Crippen LogP contribution < -0.4 is 5.32 Å². The van der Waals surface area contributed by atoms with Gasteiger partial charge in [-0.05, 0) is 38.5 Å². The van der Waals surface area contributed by atoms with Crippen LogP contribution in [-0.2, 0) is 21.2 Å². The van der Waals surface area contributed by atoms with E-state index in [2.05, 4.69) is 10.5 Å². The van der Waals surface area contributed by atoms with Gasteiger partial charge >= 0.3 is 0 Å². The van der Waals surface area contributed by atoms with E-state index in [-0.39, 0.29) is 23.3 Å². The minimum absolute atomic E-state index is 0.142. The summed E-state index contributed by atoms with van der Waals surface area (Å²) in [6.07, 6.45) is 0.194. The first-order valence-corrected chi connectivity index (χ1v) is 10.5. The molecule has 1 N–H and O–H groups in total. The van der Waals surface area contributed by atoms with E-state index in [0.29, 0.717) is 24.5 Å². The number of rotatable bonds is 8. The number of nitrogens with one attached hydrogen (secondary N) is 1. The zero-order chi connectivity index (χ0) is 20.2. The second-order valence-corrected chi connectivity index (χ2v) is 8.37. The van der Waals surface area contributed by atoms with Crippen molar-refractivity contribution in [3.8, 4) is 0 Å². The van der Waals surface area contributed by atoms with E-state index in [1.165, 1.54) is 4.31 Å². The molecule has 0 fully saturated rings. The van der Waals surface area contributed by atoms with Crippen molar-refractivity contribution in [2.24, 2.45) is 0 Å². The zero-order valence-corrected chi connectivity index (χ0v) is 17.3. The fraction of sp³-hybridized carbons (Fsp3) is 0.474. The van der Waals surface area contributed by atoms with Crippen molar-refractivity contribution < 1.29 is 17.7 Å². The first-order valence-electron chi connectivity index (χ1n) is 9.01. The number of nitrogens with zero attached hydrogens (tertiary/aromatic N) is 2. The van der Waals surface area contributed by atoms with Gasteiger partial charge < -0.3 is 9.84 Å². The van der Waals surface area contributed by atoms with Gasteiger partial charge in [0.15, 0.2) is 0 Å². The quantitative estimate of drug-likeness (QED) is 0.744. The molecule has 8 heteroatoms. The van der Waals surface area contributed by atoms with Crippen LogP contribution in [0.15, 0.2) is 33.7 Å². The Kier molecular flexibility index (Phi) is 6.78. The molecule has 27 heavy (non-hydrogen) atoms. The molecular weight excluding hydrogens is 366 g/mol. The molecular formula is C19H27N3O4S. The van der Waals surface area contributed by atoms with E-state index in [1.54, 1.807) is 38.1 Å². The Labute approximate surface area is 160 Å². The summed E-state index contributed by atoms with van der Waals surface area (Å²) in [4.78, 5) is 12.6. The van der Waals surface area contributed by atoms with Gasteiger partial charge in [-0.1, -0.05) is 31.1 Å². The van der Waals surface area contributed by atoms with Crippen molar-refractivity contribution in [1.82, 2.24) is 14.8 Å². The lowest BCUT2D eigenvalue weighted by Crippen LogP contribution is -2.31. The highest BCUT2D eigenvalue weighted by atomic mass is 32.2. The molecule has 1 heterocycles. The number of sulfonamides is 1. The first kappa shape index (κ1) is 21.1. The van der Waals surface area contributed by atoms with E-state index in [9.17, 15) is 13.2 Å². The topological polar surface area (TPSA) is 92.5 Å². The molecule has 0 saturated heterocycles. The number of benzene rings is 1. The predicted molar refractivity (Wildman–Crippen MR) is 103 cm³/mol. The molecule has 0 aliphatic heterocycles. The van der Waals surface area contributed by atoms with Gasteiger partial charge in [-0.25, -0.2) is 8.42 Å². The number of carbonyl (C=O) groups excluding carboxylic acids is 1. The third-order valence-corrected chi connectivity index (χ3v) is 6.68. The van der Waals surface area contributed by atoms with Crippen LogP contribution >= 0.6 is 0 Å². The molecule has 1 aromatic carbocycles. The molecule has 2 aromatic rings. The van der Waals surface area contributed by atoms with Gasteiger partial charge in [-0.15, -0.1) is 0 Å². The maximum absolute atomic E-state index is 12.5. The largest absolute Gasteiger partial charge is 0.361 e. The summed E-state index contributed by atoms with van der Waals surface area (Å²) in [6.45, 7) is 9.92. The second-order valence-electron chi connectivity index (χ2n) is 6.43. The number of amides is 1. The molecule has 0 aliphatic carbocycles. The van der Waals surface area contributed by atoms with Crippen molar-refractivity contribution in [2.75, 3.05) is 13.1 Å². The van der Waals surface area contributed by atoms with Crippen molar-refractivity contribution in [3.63, 3.8) is 0 Å². The van der Waals surface area contributed by atoms with E-state index in [0.717, 1.165) is 11.1 Å². The third kappa shape index (κ3) is 4.75. The van der Waals surface area contributed by atoms with Gasteiger partial charge in [0.2, 0.25) is 15.9 Å². The van der Waals surface area contributed by atoms with E-state index in [1.807, 2.05) is 20.8 Å². The molecule has 0 saturated carbocycles. The maximum atomic E-state index is 12.5. The van der Waals surface area contributed by atoms with Crippen molar-refractivity contribution in [2.45, 2.75) is 52.0 Å². The smallest absolute Gasteiger partial charge is 0.243 e. The van der Waals surface area contributed by atoms with Crippen LogP contribution in [0.25, 0.3) is 0 Å². The van der Waals surface area contributed by atoms with Crippen molar-refractivity contribution in [1.29, 1.82) is 0 Å². The lowest BCUT2D eigenvalue weighted by Gasteiger charge is -2.19. The lowest BCUT2D eigenvalue weighted by molar-refractivity contribution is -0.121. The summed E-state index contributed by atoms with van der Waals surface area (Å²) in [5, 5.41) is 6.78. The van der Waals surface area contributed by atoms with Crippen molar-refractivity contribution in [3.05, 3.63) is 46.8 Å². The van der Waals surface area contributed by atoms with E-state index >= 15 is 0 Å². The normalized spacial score (nSPS) is 13.0. The summed E-state index contributed by atoms with van der Waals surface area (Å²) < 4.78 is 31.6. The molecule has 0 bridgehead atoms. The minimum Gasteiger partial charge on any atom is -0.361 e. The molecule has 0 aliphatic rings. The molecule has 0 radical (unpaired) electrons. The standard InChI is InChI=1S/C19H27N3O4S/c1-6-22(7-2)27(24,25)17-10-8-16(9-11-17)13(3)20-19(23)12-18-14(4)21-26-15(18)5/h8-11,13H,6-7,12H2,1-5H3,(H,20,23)/t13-/m0/s1. The molecule has 148 valence electrons. The average molecular weight is 394 g/mol. The van der Waals surface area contributed by atoms with Gasteiger partial charge in [0.1, 0.15) is 5.76 Å². The number of hydrogen-bond acceptors (Lipinski definition) is 5. The molecule has 1 amide bonds. The van der Waals surface area contributed by atoms with Gasteiger partial charge in [-0.2, -0.15) is 4.31 Å². The predicted octanol–water partition coefficient (Wildman–Crippen LogP) is 2.74. The van der Waals surface area contributed by atoms with E-state index < -0.39 is 10.0 Å². The lowest BCUT2D eigenvalue weighted by atomic mass is 10.1. The van der Waals surface area contributed by atoms with Crippen LogP contribution in [-0.4, -0.2) is 36.9 Å². The van der Waals surface area contributed by atoms with Gasteiger partial charge in [0.05, 0.1) is 23.1 Å². The molecule has 1 aromatic heterocycles. The number of carbonyl (C=O) groups is 1. The van der Waals surface area contributed by atoms with Crippen molar-refractivity contribution >= 4 is 15.9 Å². The Bertz CT molecular complexity index is 865. The minimum atomic E-state index is -3.48. The highest BCUT2D eigenvalue weighted by Gasteiger charge is 2.22. The fourth-order valence-corrected chi connectivity index (χ4v) is 4.39. The Morgan fingerprint density at radius 3 is 2.26 bits per heavy atom. The van der Waals surface area contributed by atoms with Crippen LogP contribution in [0.4, 0.5) is 0 Å². The number of hydrogen-bond donors (Lipinski definition) is 1. The number of aromatic nitrogens is 1. The Morgan fingerprint density at radius 2 is 1.78 bits per heavy atom. The molecule has 0 unspecified atom stereocenters. The van der Waals surface area contributed by atoms with Gasteiger partial charge in [-0.3, -0.25) is 4.79 Å². The summed E-state index contributed by atoms with van der Waals surface area (Å²) in [5.74, 6) is 0.498. The SMILES string of the molecule is CCN(CC)S(=O)(=O)c1ccc([C@H](C)NC(=O)Cc2c(C)noc2C)cc1. The maximum Gasteiger partial charge on any atom is 0.243 e. The Hall–Kier alpha value is -2.19. The Balaban J connectivity index is 2.07. The van der Waals surface area contributed by atoms with Crippen LogP contribution in [0, 0.1) is 13.8 Å². The highest BCUT2D eigenvalue weighted by molar-refractivity contribution is 7.89. The van der Waals surface area contributed by atoms with Crippen LogP contribution in [0.5, 0.6) is 0 Å². The first-order chi connectivity index (χ1) is 12.7. The van der Waals surface area contributed by atoms with E-state index in [4.69, 9.17) is 4.52 Å². The summed E-state index contributed by atoms with van der Waals surface area (Å²) in [6, 6.07) is 6.39. The number of aryl methyl sites for hydroxylation is 2. The Morgan fingerprint density at radius 1 is 1.19 bits per heavy atom. The molecule has 0 spiro atoms. The van der Waals surface area contributed by atoms with Crippen LogP contribution in [0.1, 0.15) is 49.4 Å². The monoisotopic (exact) mass is 393 g/mol. The third-order valence-electron chi connectivity index (χ3n) is 4.62. The van der Waals surface area contributed by atoms with Crippen LogP contribution in [0.2, 0.25) is 0 Å². The summed E-state index contributed by atoms with van der Waals surface area (Å²) in [5.41, 5.74) is 2.34. The summed E-state index contributed by atoms with van der Waals surface area (Å²) in [7, 11) is -3.48. The van der Waals surface area contributed by atoms with Gasteiger partial charge in [0, 0.05) is 18.7 Å².